The molecule has 0 saturated carbocycles. The molecule has 0 atom stereocenters. The molecule has 0 aliphatic rings. The molecule has 5 nitrogen and oxygen atoms in total. The minimum absolute atomic E-state index is 0.0887. The van der Waals surface area contributed by atoms with Crippen LogP contribution in [0.15, 0.2) is 18.2 Å². The van der Waals surface area contributed by atoms with E-state index in [0.29, 0.717) is 17.1 Å². The Morgan fingerprint density at radius 2 is 2.00 bits per heavy atom. The van der Waals surface area contributed by atoms with E-state index in [1.165, 1.54) is 7.11 Å². The Hall–Kier alpha value is -1.75. The molecule has 0 fully saturated rings. The van der Waals surface area contributed by atoms with Gasteiger partial charge in [-0.05, 0) is 38.5 Å². The van der Waals surface area contributed by atoms with E-state index in [-0.39, 0.29) is 24.7 Å². The van der Waals surface area contributed by atoms with Crippen molar-refractivity contribution in [2.75, 3.05) is 13.7 Å². The summed E-state index contributed by atoms with van der Waals surface area (Å²) in [6.45, 7) is 5.52. The van der Waals surface area contributed by atoms with Crippen LogP contribution in [0, 0.1) is 0 Å². The molecule has 1 aromatic carbocycles. The Bertz CT molecular complexity index is 438. The van der Waals surface area contributed by atoms with E-state index in [1.54, 1.807) is 18.2 Å². The molecule has 0 saturated heterocycles. The molecule has 0 radical (unpaired) electrons. The highest BCUT2D eigenvalue weighted by atomic mass is 16.5. The third kappa shape index (κ3) is 5.18. The lowest BCUT2D eigenvalue weighted by Crippen LogP contribution is -2.43. The maximum atomic E-state index is 11.7. The SMILES string of the molecule is COc1ccc(CO)cc1OCC(=O)NC(C)(C)C. The number of hydrogen-bond acceptors (Lipinski definition) is 4. The van der Waals surface area contributed by atoms with Crippen molar-refractivity contribution < 1.29 is 19.4 Å². The fourth-order valence-electron chi connectivity index (χ4n) is 1.53. The number of benzene rings is 1. The molecule has 0 spiro atoms. The average molecular weight is 267 g/mol. The maximum absolute atomic E-state index is 11.7. The van der Waals surface area contributed by atoms with Crippen molar-refractivity contribution in [3.8, 4) is 11.5 Å². The molecule has 19 heavy (non-hydrogen) atoms. The van der Waals surface area contributed by atoms with Gasteiger partial charge in [-0.25, -0.2) is 0 Å². The van der Waals surface area contributed by atoms with Crippen molar-refractivity contribution in [3.05, 3.63) is 23.8 Å². The molecule has 0 aliphatic heterocycles. The van der Waals surface area contributed by atoms with Crippen molar-refractivity contribution >= 4 is 5.91 Å². The van der Waals surface area contributed by atoms with Gasteiger partial charge in [-0.2, -0.15) is 0 Å². The van der Waals surface area contributed by atoms with Gasteiger partial charge in [0.1, 0.15) is 0 Å². The van der Waals surface area contributed by atoms with Crippen LogP contribution in [-0.2, 0) is 11.4 Å². The highest BCUT2D eigenvalue weighted by Crippen LogP contribution is 2.28. The molecule has 2 N–H and O–H groups in total. The lowest BCUT2D eigenvalue weighted by molar-refractivity contribution is -0.124. The summed E-state index contributed by atoms with van der Waals surface area (Å²) >= 11 is 0. The zero-order valence-corrected chi connectivity index (χ0v) is 11.8. The van der Waals surface area contributed by atoms with Gasteiger partial charge < -0.3 is 19.9 Å². The number of aliphatic hydroxyl groups excluding tert-OH is 1. The van der Waals surface area contributed by atoms with Gasteiger partial charge in [-0.1, -0.05) is 6.07 Å². The van der Waals surface area contributed by atoms with Gasteiger partial charge >= 0.3 is 0 Å². The van der Waals surface area contributed by atoms with Gasteiger partial charge in [-0.3, -0.25) is 4.79 Å². The van der Waals surface area contributed by atoms with Gasteiger partial charge in [0.05, 0.1) is 13.7 Å². The molecular weight excluding hydrogens is 246 g/mol. The van der Waals surface area contributed by atoms with E-state index >= 15 is 0 Å². The second kappa shape index (κ2) is 6.43. The molecule has 106 valence electrons. The standard InChI is InChI=1S/C14H21NO4/c1-14(2,3)15-13(17)9-19-12-7-10(8-16)5-6-11(12)18-4/h5-7,16H,8-9H2,1-4H3,(H,15,17). The van der Waals surface area contributed by atoms with Gasteiger partial charge in [0.2, 0.25) is 0 Å². The number of aliphatic hydroxyl groups is 1. The number of carbonyl (C=O) groups is 1. The third-order valence-corrected chi connectivity index (χ3v) is 2.28. The van der Waals surface area contributed by atoms with Crippen LogP contribution in [0.2, 0.25) is 0 Å². The number of nitrogens with one attached hydrogen (secondary N) is 1. The largest absolute Gasteiger partial charge is 0.493 e. The number of hydrogen-bond donors (Lipinski definition) is 2. The Morgan fingerprint density at radius 1 is 1.32 bits per heavy atom. The Labute approximate surface area is 113 Å². The van der Waals surface area contributed by atoms with Crippen LogP contribution in [-0.4, -0.2) is 30.3 Å². The van der Waals surface area contributed by atoms with Crippen LogP contribution in [0.5, 0.6) is 11.5 Å². The average Bonchev–Trinajstić information content (AvgIpc) is 2.33. The van der Waals surface area contributed by atoms with E-state index in [2.05, 4.69) is 5.32 Å². The van der Waals surface area contributed by atoms with E-state index in [1.807, 2.05) is 20.8 Å². The first kappa shape index (κ1) is 15.3. The molecule has 1 aromatic rings. The summed E-state index contributed by atoms with van der Waals surface area (Å²) in [5.74, 6) is 0.767. The fourth-order valence-corrected chi connectivity index (χ4v) is 1.53. The minimum atomic E-state index is -0.294. The molecule has 0 unspecified atom stereocenters. The molecule has 1 rings (SSSR count). The molecule has 1 amide bonds. The number of ether oxygens (including phenoxy) is 2. The van der Waals surface area contributed by atoms with Gasteiger partial charge in [0, 0.05) is 5.54 Å². The summed E-state index contributed by atoms with van der Waals surface area (Å²) in [6, 6.07) is 5.09. The highest BCUT2D eigenvalue weighted by molar-refractivity contribution is 5.78. The lowest BCUT2D eigenvalue weighted by Gasteiger charge is -2.20. The van der Waals surface area contributed by atoms with Crippen molar-refractivity contribution in [3.63, 3.8) is 0 Å². The summed E-state index contributed by atoms with van der Waals surface area (Å²) < 4.78 is 10.6. The normalized spacial score (nSPS) is 11.0. The predicted molar refractivity (Wildman–Crippen MR) is 72.3 cm³/mol. The van der Waals surface area contributed by atoms with Crippen molar-refractivity contribution in [2.45, 2.75) is 32.9 Å². The molecular formula is C14H21NO4. The van der Waals surface area contributed by atoms with Gasteiger partial charge in [0.15, 0.2) is 18.1 Å². The first-order valence-electron chi connectivity index (χ1n) is 6.07. The lowest BCUT2D eigenvalue weighted by atomic mass is 10.1. The smallest absolute Gasteiger partial charge is 0.258 e. The Balaban J connectivity index is 2.68. The van der Waals surface area contributed by atoms with E-state index in [4.69, 9.17) is 14.6 Å². The van der Waals surface area contributed by atoms with Crippen molar-refractivity contribution in [1.82, 2.24) is 5.32 Å². The quantitative estimate of drug-likeness (QED) is 0.848. The Morgan fingerprint density at radius 3 is 2.53 bits per heavy atom. The van der Waals surface area contributed by atoms with Crippen LogP contribution in [0.4, 0.5) is 0 Å². The predicted octanol–water partition coefficient (Wildman–Crippen LogP) is 1.48. The van der Waals surface area contributed by atoms with Crippen LogP contribution in [0.25, 0.3) is 0 Å². The summed E-state index contributed by atoms with van der Waals surface area (Å²) in [5, 5.41) is 11.9. The number of carbonyl (C=O) groups excluding carboxylic acids is 1. The number of amides is 1. The number of methoxy groups -OCH3 is 1. The van der Waals surface area contributed by atoms with Crippen molar-refractivity contribution in [2.24, 2.45) is 0 Å². The molecule has 0 heterocycles. The monoisotopic (exact) mass is 267 g/mol. The van der Waals surface area contributed by atoms with Crippen LogP contribution >= 0.6 is 0 Å². The molecule has 0 bridgehead atoms. The highest BCUT2D eigenvalue weighted by Gasteiger charge is 2.15. The first-order valence-corrected chi connectivity index (χ1v) is 6.07. The van der Waals surface area contributed by atoms with E-state index in [9.17, 15) is 4.79 Å². The second-order valence-electron chi connectivity index (χ2n) is 5.23. The van der Waals surface area contributed by atoms with Gasteiger partial charge in [0.25, 0.3) is 5.91 Å². The second-order valence-corrected chi connectivity index (χ2v) is 5.23. The van der Waals surface area contributed by atoms with Crippen LogP contribution in [0.3, 0.4) is 0 Å². The van der Waals surface area contributed by atoms with Crippen molar-refractivity contribution in [1.29, 1.82) is 0 Å². The molecule has 5 heteroatoms. The minimum Gasteiger partial charge on any atom is -0.493 e. The maximum Gasteiger partial charge on any atom is 0.258 e. The first-order chi connectivity index (χ1) is 8.85. The summed E-state index contributed by atoms with van der Waals surface area (Å²) in [4.78, 5) is 11.7. The fraction of sp³-hybridized carbons (Fsp3) is 0.500. The summed E-state index contributed by atoms with van der Waals surface area (Å²) in [6.07, 6.45) is 0. The van der Waals surface area contributed by atoms with Gasteiger partial charge in [-0.15, -0.1) is 0 Å². The summed E-state index contributed by atoms with van der Waals surface area (Å²) in [5.41, 5.74) is 0.407. The van der Waals surface area contributed by atoms with E-state index < -0.39 is 0 Å². The molecule has 0 aromatic heterocycles. The molecule has 0 aliphatic carbocycles. The summed E-state index contributed by atoms with van der Waals surface area (Å²) in [7, 11) is 1.52. The van der Waals surface area contributed by atoms with Crippen LogP contribution < -0.4 is 14.8 Å². The van der Waals surface area contributed by atoms with E-state index in [0.717, 1.165) is 0 Å². The van der Waals surface area contributed by atoms with Crippen LogP contribution in [0.1, 0.15) is 26.3 Å². The Kier molecular flexibility index (Phi) is 5.18. The zero-order chi connectivity index (χ0) is 14.5. The number of rotatable bonds is 5. The third-order valence-electron chi connectivity index (χ3n) is 2.28. The zero-order valence-electron chi connectivity index (χ0n) is 11.8. The topological polar surface area (TPSA) is 67.8 Å².